The molecule has 0 radical (unpaired) electrons. The summed E-state index contributed by atoms with van der Waals surface area (Å²) in [6.45, 7) is 7.67. The van der Waals surface area contributed by atoms with Gasteiger partial charge in [0, 0.05) is 13.1 Å². The molecule has 3 amide bonds. The van der Waals surface area contributed by atoms with Crippen LogP contribution >= 0.6 is 0 Å². The van der Waals surface area contributed by atoms with E-state index < -0.39 is 17.5 Å². The van der Waals surface area contributed by atoms with Gasteiger partial charge in [-0.05, 0) is 26.7 Å². The molecule has 20 heavy (non-hydrogen) atoms. The highest BCUT2D eigenvalue weighted by molar-refractivity contribution is 5.88. The molecule has 7 nitrogen and oxygen atoms in total. The minimum absolute atomic E-state index is 0.0840. The Bertz CT molecular complexity index is 354. The normalized spacial score (nSPS) is 10.8. The topological polar surface area (TPSA) is 98.7 Å². The molecule has 0 aromatic heterocycles. The summed E-state index contributed by atoms with van der Waals surface area (Å²) in [6.07, 6.45) is 0.562. The average molecular weight is 287 g/mol. The Morgan fingerprint density at radius 3 is 2.00 bits per heavy atom. The molecular weight excluding hydrogens is 262 g/mol. The Morgan fingerprint density at radius 2 is 1.65 bits per heavy atom. The highest BCUT2D eigenvalue weighted by Crippen LogP contribution is 2.16. The molecule has 0 spiro atoms. The molecular formula is C13H25N3O4. The number of nitrogens with one attached hydrogen (secondary N) is 2. The zero-order chi connectivity index (χ0) is 15.8. The van der Waals surface area contributed by atoms with E-state index in [0.29, 0.717) is 13.1 Å². The highest BCUT2D eigenvalue weighted by atomic mass is 16.4. The molecule has 0 aliphatic heterocycles. The SMILES string of the molecule is CCNC(=O)CN(CC)C(=O)NC(CC)(CC)C(=O)O. The summed E-state index contributed by atoms with van der Waals surface area (Å²) in [5.74, 6) is -1.33. The van der Waals surface area contributed by atoms with Crippen molar-refractivity contribution in [3.63, 3.8) is 0 Å². The van der Waals surface area contributed by atoms with Gasteiger partial charge in [-0.25, -0.2) is 9.59 Å². The number of carboxylic acids is 1. The number of rotatable bonds is 8. The third-order valence-electron chi connectivity index (χ3n) is 3.34. The van der Waals surface area contributed by atoms with Crippen LogP contribution in [0, 0.1) is 0 Å². The fourth-order valence-electron chi connectivity index (χ4n) is 1.82. The number of carbonyl (C=O) groups excluding carboxylic acids is 2. The van der Waals surface area contributed by atoms with Crippen LogP contribution in [-0.4, -0.2) is 53.1 Å². The van der Waals surface area contributed by atoms with Crippen molar-refractivity contribution in [2.75, 3.05) is 19.6 Å². The first-order valence-electron chi connectivity index (χ1n) is 6.93. The number of carboxylic acid groups (broad SMARTS) is 1. The third-order valence-corrected chi connectivity index (χ3v) is 3.34. The molecule has 0 aliphatic rings. The Kier molecular flexibility index (Phi) is 7.64. The summed E-state index contributed by atoms with van der Waals surface area (Å²) in [4.78, 5) is 36.3. The van der Waals surface area contributed by atoms with Gasteiger partial charge in [-0.1, -0.05) is 13.8 Å². The summed E-state index contributed by atoms with van der Waals surface area (Å²) < 4.78 is 0. The first-order valence-corrected chi connectivity index (χ1v) is 6.93. The molecule has 0 aromatic rings. The molecule has 0 rings (SSSR count). The predicted octanol–water partition coefficient (Wildman–Crippen LogP) is 0.797. The van der Waals surface area contributed by atoms with Gasteiger partial charge >= 0.3 is 12.0 Å². The molecule has 0 aromatic carbocycles. The fourth-order valence-corrected chi connectivity index (χ4v) is 1.82. The van der Waals surface area contributed by atoms with E-state index in [1.54, 1.807) is 27.7 Å². The van der Waals surface area contributed by atoms with Crippen LogP contribution in [0.4, 0.5) is 4.79 Å². The van der Waals surface area contributed by atoms with Crippen LogP contribution in [0.5, 0.6) is 0 Å². The van der Waals surface area contributed by atoms with Crippen LogP contribution in [0.2, 0.25) is 0 Å². The number of likely N-dealkylation sites (N-methyl/N-ethyl adjacent to an activating group) is 2. The number of hydrogen-bond acceptors (Lipinski definition) is 3. The van der Waals surface area contributed by atoms with Crippen molar-refractivity contribution in [1.29, 1.82) is 0 Å². The number of nitrogens with zero attached hydrogens (tertiary/aromatic N) is 1. The Morgan fingerprint density at radius 1 is 1.10 bits per heavy atom. The molecule has 3 N–H and O–H groups in total. The molecule has 0 heterocycles. The summed E-state index contributed by atoms with van der Waals surface area (Å²) in [7, 11) is 0. The summed E-state index contributed by atoms with van der Waals surface area (Å²) in [5.41, 5.74) is -1.29. The van der Waals surface area contributed by atoms with Crippen molar-refractivity contribution in [3.05, 3.63) is 0 Å². The average Bonchev–Trinajstić information content (AvgIpc) is 2.41. The van der Waals surface area contributed by atoms with Gasteiger partial charge in [-0.15, -0.1) is 0 Å². The van der Waals surface area contributed by atoms with Crippen molar-refractivity contribution in [2.24, 2.45) is 0 Å². The number of carbonyl (C=O) groups is 3. The van der Waals surface area contributed by atoms with Gasteiger partial charge in [0.1, 0.15) is 12.1 Å². The van der Waals surface area contributed by atoms with Gasteiger partial charge in [-0.2, -0.15) is 0 Å². The maximum absolute atomic E-state index is 12.1. The van der Waals surface area contributed by atoms with Crippen molar-refractivity contribution < 1.29 is 19.5 Å². The van der Waals surface area contributed by atoms with E-state index >= 15 is 0 Å². The van der Waals surface area contributed by atoms with Crippen LogP contribution in [-0.2, 0) is 9.59 Å². The molecule has 0 unspecified atom stereocenters. The number of amides is 3. The predicted molar refractivity (Wildman–Crippen MR) is 75.4 cm³/mol. The van der Waals surface area contributed by atoms with Gasteiger partial charge in [0.25, 0.3) is 0 Å². The smallest absolute Gasteiger partial charge is 0.329 e. The monoisotopic (exact) mass is 287 g/mol. The van der Waals surface area contributed by atoms with E-state index in [1.165, 1.54) is 4.90 Å². The van der Waals surface area contributed by atoms with Crippen molar-refractivity contribution in [1.82, 2.24) is 15.5 Å². The second-order valence-corrected chi connectivity index (χ2v) is 4.49. The van der Waals surface area contributed by atoms with E-state index in [9.17, 15) is 19.5 Å². The minimum atomic E-state index is -1.29. The quantitative estimate of drug-likeness (QED) is 0.615. The zero-order valence-corrected chi connectivity index (χ0v) is 12.7. The lowest BCUT2D eigenvalue weighted by Crippen LogP contribution is -2.58. The first kappa shape index (κ1) is 18.2. The Balaban J connectivity index is 4.84. The highest BCUT2D eigenvalue weighted by Gasteiger charge is 2.37. The van der Waals surface area contributed by atoms with Crippen molar-refractivity contribution in [3.8, 4) is 0 Å². The molecule has 7 heteroatoms. The van der Waals surface area contributed by atoms with Crippen LogP contribution in [0.1, 0.15) is 40.5 Å². The molecule has 0 fully saturated rings. The summed E-state index contributed by atoms with van der Waals surface area (Å²) in [5, 5.41) is 14.4. The third kappa shape index (κ3) is 4.71. The van der Waals surface area contributed by atoms with Gasteiger partial charge in [0.15, 0.2) is 0 Å². The second-order valence-electron chi connectivity index (χ2n) is 4.49. The molecule has 0 bridgehead atoms. The lowest BCUT2D eigenvalue weighted by Gasteiger charge is -2.31. The maximum atomic E-state index is 12.1. The van der Waals surface area contributed by atoms with E-state index in [4.69, 9.17) is 0 Å². The lowest BCUT2D eigenvalue weighted by molar-refractivity contribution is -0.144. The molecule has 0 saturated carbocycles. The standard InChI is InChI=1S/C13H25N3O4/c1-5-13(6-2,11(18)19)15-12(20)16(8-4)9-10(17)14-7-3/h5-9H2,1-4H3,(H,14,17)(H,15,20)(H,18,19). The lowest BCUT2D eigenvalue weighted by atomic mass is 9.93. The maximum Gasteiger partial charge on any atom is 0.329 e. The summed E-state index contributed by atoms with van der Waals surface area (Å²) >= 11 is 0. The minimum Gasteiger partial charge on any atom is -0.480 e. The van der Waals surface area contributed by atoms with Gasteiger partial charge in [-0.3, -0.25) is 4.79 Å². The fraction of sp³-hybridized carbons (Fsp3) is 0.769. The zero-order valence-electron chi connectivity index (χ0n) is 12.7. The van der Waals surface area contributed by atoms with Gasteiger partial charge in [0.2, 0.25) is 5.91 Å². The van der Waals surface area contributed by atoms with Gasteiger partial charge in [0.05, 0.1) is 0 Å². The number of aliphatic carboxylic acids is 1. The van der Waals surface area contributed by atoms with E-state index in [-0.39, 0.29) is 25.3 Å². The van der Waals surface area contributed by atoms with Crippen molar-refractivity contribution >= 4 is 17.9 Å². The Labute approximate surface area is 119 Å². The van der Waals surface area contributed by atoms with Crippen LogP contribution in [0.3, 0.4) is 0 Å². The molecule has 0 aliphatic carbocycles. The van der Waals surface area contributed by atoms with Crippen molar-refractivity contribution in [2.45, 2.75) is 46.1 Å². The first-order chi connectivity index (χ1) is 9.36. The molecule has 0 atom stereocenters. The van der Waals surface area contributed by atoms with Gasteiger partial charge < -0.3 is 20.6 Å². The van der Waals surface area contributed by atoms with E-state index in [1.807, 2.05) is 0 Å². The summed E-state index contributed by atoms with van der Waals surface area (Å²) in [6, 6.07) is -0.537. The number of urea groups is 1. The molecule has 116 valence electrons. The Hall–Kier alpha value is -1.79. The largest absolute Gasteiger partial charge is 0.480 e. The second kappa shape index (κ2) is 8.39. The van der Waals surface area contributed by atoms with Crippen LogP contribution < -0.4 is 10.6 Å². The van der Waals surface area contributed by atoms with Crippen LogP contribution in [0.25, 0.3) is 0 Å². The van der Waals surface area contributed by atoms with E-state index in [0.717, 1.165) is 0 Å². The molecule has 0 saturated heterocycles. The van der Waals surface area contributed by atoms with E-state index in [2.05, 4.69) is 10.6 Å². The number of hydrogen-bond donors (Lipinski definition) is 3. The van der Waals surface area contributed by atoms with Crippen LogP contribution in [0.15, 0.2) is 0 Å².